The minimum absolute atomic E-state index is 0. The van der Waals surface area contributed by atoms with E-state index in [9.17, 15) is 0 Å². The molecule has 0 unspecified atom stereocenters. The lowest BCUT2D eigenvalue weighted by atomic mass is 10.2. The summed E-state index contributed by atoms with van der Waals surface area (Å²) in [7, 11) is 0. The number of halogens is 1. The lowest BCUT2D eigenvalue weighted by Crippen LogP contribution is -2.36. The minimum Gasteiger partial charge on any atom is -0.357 e. The molecule has 1 aromatic carbocycles. The minimum atomic E-state index is 0. The molecule has 2 heterocycles. The largest absolute Gasteiger partial charge is 0.357 e. The first-order chi connectivity index (χ1) is 12.3. The number of anilines is 1. The van der Waals surface area contributed by atoms with Crippen molar-refractivity contribution in [3.63, 3.8) is 0 Å². The van der Waals surface area contributed by atoms with Gasteiger partial charge in [-0.05, 0) is 43.0 Å². The Balaban J connectivity index is 0.00000243. The highest BCUT2D eigenvalue weighted by Gasteiger charge is 2.13. The van der Waals surface area contributed by atoms with E-state index in [0.717, 1.165) is 38.0 Å². The number of aliphatic imine (C=N–C) groups is 1. The molecule has 0 radical (unpaired) electrons. The zero-order valence-electron chi connectivity index (χ0n) is 15.3. The molecule has 0 aliphatic carbocycles. The molecule has 26 heavy (non-hydrogen) atoms. The van der Waals surface area contributed by atoms with Crippen molar-refractivity contribution in [3.05, 3.63) is 59.8 Å². The predicted molar refractivity (Wildman–Crippen MR) is 119 cm³/mol. The summed E-state index contributed by atoms with van der Waals surface area (Å²) in [6, 6.07) is 14.6. The zero-order valence-corrected chi connectivity index (χ0v) is 17.6. The van der Waals surface area contributed by atoms with Crippen molar-refractivity contribution in [2.75, 3.05) is 24.5 Å². The lowest BCUT2D eigenvalue weighted by molar-refractivity contribution is 0.815. The van der Waals surface area contributed by atoms with Crippen LogP contribution < -0.4 is 15.5 Å². The maximum Gasteiger partial charge on any atom is 0.191 e. The van der Waals surface area contributed by atoms with E-state index < -0.39 is 0 Å². The summed E-state index contributed by atoms with van der Waals surface area (Å²) in [6.07, 6.45) is 4.42. The summed E-state index contributed by atoms with van der Waals surface area (Å²) in [5, 5.41) is 6.70. The van der Waals surface area contributed by atoms with Crippen molar-refractivity contribution in [1.82, 2.24) is 15.6 Å². The Bertz CT molecular complexity index is 684. The number of nitrogens with one attached hydrogen (secondary N) is 2. The average Bonchev–Trinajstić information content (AvgIpc) is 3.20. The Morgan fingerprint density at radius 3 is 2.58 bits per heavy atom. The van der Waals surface area contributed by atoms with Gasteiger partial charge in [-0.3, -0.25) is 0 Å². The molecular weight excluding hydrogens is 437 g/mol. The number of hydrogen-bond acceptors (Lipinski definition) is 3. The van der Waals surface area contributed by atoms with E-state index in [0.29, 0.717) is 6.54 Å². The van der Waals surface area contributed by atoms with Gasteiger partial charge >= 0.3 is 0 Å². The fourth-order valence-corrected chi connectivity index (χ4v) is 2.97. The van der Waals surface area contributed by atoms with Gasteiger partial charge < -0.3 is 15.5 Å². The van der Waals surface area contributed by atoms with E-state index in [2.05, 4.69) is 57.8 Å². The number of guanidine groups is 1. The molecule has 140 valence electrons. The average molecular weight is 465 g/mol. The van der Waals surface area contributed by atoms with E-state index in [1.54, 1.807) is 0 Å². The normalized spacial score (nSPS) is 14.0. The number of hydrogen-bond donors (Lipinski definition) is 2. The van der Waals surface area contributed by atoms with Gasteiger partial charge in [0.2, 0.25) is 0 Å². The topological polar surface area (TPSA) is 52.6 Å². The fourth-order valence-electron chi connectivity index (χ4n) is 2.97. The van der Waals surface area contributed by atoms with Crippen molar-refractivity contribution >= 4 is 35.8 Å². The summed E-state index contributed by atoms with van der Waals surface area (Å²) in [6.45, 7) is 6.56. The lowest BCUT2D eigenvalue weighted by Gasteiger charge is -2.16. The van der Waals surface area contributed by atoms with E-state index >= 15 is 0 Å². The first kappa shape index (κ1) is 20.5. The monoisotopic (exact) mass is 465 g/mol. The summed E-state index contributed by atoms with van der Waals surface area (Å²) in [5.74, 6) is 1.92. The van der Waals surface area contributed by atoms with Gasteiger partial charge in [0.1, 0.15) is 5.82 Å². The van der Waals surface area contributed by atoms with Gasteiger partial charge in [-0.15, -0.1) is 24.0 Å². The third-order valence-electron chi connectivity index (χ3n) is 4.31. The Kier molecular flexibility index (Phi) is 8.67. The van der Waals surface area contributed by atoms with Crippen LogP contribution in [-0.4, -0.2) is 30.6 Å². The summed E-state index contributed by atoms with van der Waals surface area (Å²) < 4.78 is 0. The van der Waals surface area contributed by atoms with Crippen LogP contribution in [0.4, 0.5) is 5.82 Å². The van der Waals surface area contributed by atoms with Crippen molar-refractivity contribution in [2.24, 2.45) is 4.99 Å². The molecule has 0 saturated carbocycles. The summed E-state index contributed by atoms with van der Waals surface area (Å²) >= 11 is 0. The van der Waals surface area contributed by atoms with Crippen LogP contribution >= 0.6 is 24.0 Å². The zero-order chi connectivity index (χ0) is 17.3. The van der Waals surface area contributed by atoms with Crippen molar-refractivity contribution in [2.45, 2.75) is 32.9 Å². The van der Waals surface area contributed by atoms with Crippen LogP contribution in [0.5, 0.6) is 0 Å². The number of aromatic nitrogens is 1. The van der Waals surface area contributed by atoms with Crippen LogP contribution in [0.2, 0.25) is 0 Å². The number of pyridine rings is 1. The quantitative estimate of drug-likeness (QED) is 0.389. The smallest absolute Gasteiger partial charge is 0.191 e. The molecule has 1 saturated heterocycles. The van der Waals surface area contributed by atoms with Crippen molar-refractivity contribution < 1.29 is 0 Å². The Morgan fingerprint density at radius 2 is 1.85 bits per heavy atom. The van der Waals surface area contributed by atoms with E-state index in [1.807, 2.05) is 18.3 Å². The Hall–Kier alpha value is -1.83. The Labute approximate surface area is 173 Å². The van der Waals surface area contributed by atoms with Gasteiger partial charge in [0, 0.05) is 32.4 Å². The molecule has 1 aromatic heterocycles. The van der Waals surface area contributed by atoms with Crippen LogP contribution in [0.3, 0.4) is 0 Å². The third kappa shape index (κ3) is 6.16. The molecule has 2 aromatic rings. The molecule has 5 nitrogen and oxygen atoms in total. The van der Waals surface area contributed by atoms with Gasteiger partial charge in [-0.1, -0.05) is 30.3 Å². The molecule has 2 N–H and O–H groups in total. The van der Waals surface area contributed by atoms with Gasteiger partial charge in [0.25, 0.3) is 0 Å². The predicted octanol–water partition coefficient (Wildman–Crippen LogP) is 3.56. The molecule has 0 spiro atoms. The maximum atomic E-state index is 4.71. The summed E-state index contributed by atoms with van der Waals surface area (Å²) in [4.78, 5) is 11.6. The van der Waals surface area contributed by atoms with E-state index in [-0.39, 0.29) is 24.0 Å². The highest BCUT2D eigenvalue weighted by Crippen LogP contribution is 2.18. The Morgan fingerprint density at radius 1 is 1.08 bits per heavy atom. The molecule has 0 amide bonds. The number of nitrogens with zero attached hydrogens (tertiary/aromatic N) is 3. The van der Waals surface area contributed by atoms with Crippen LogP contribution in [-0.2, 0) is 13.1 Å². The summed E-state index contributed by atoms with van der Waals surface area (Å²) in [5.41, 5.74) is 2.43. The molecular formula is C20H28IN5. The first-order valence-corrected chi connectivity index (χ1v) is 9.11. The second-order valence-electron chi connectivity index (χ2n) is 6.25. The standard InChI is InChI=1S/C20H27N5.HI/c1-2-21-20(23-15-17-8-4-3-5-9-17)24-16-18-10-11-22-19(14-18)25-12-6-7-13-25;/h3-5,8-11,14H,2,6-7,12-13,15-16H2,1H3,(H2,21,23,24);1H. The highest BCUT2D eigenvalue weighted by atomic mass is 127. The van der Waals surface area contributed by atoms with Crippen molar-refractivity contribution in [3.8, 4) is 0 Å². The van der Waals surface area contributed by atoms with E-state index in [1.165, 1.54) is 24.0 Å². The highest BCUT2D eigenvalue weighted by molar-refractivity contribution is 14.0. The van der Waals surface area contributed by atoms with Gasteiger partial charge in [-0.25, -0.2) is 9.98 Å². The van der Waals surface area contributed by atoms with Crippen LogP contribution in [0, 0.1) is 0 Å². The van der Waals surface area contributed by atoms with Crippen LogP contribution in [0.15, 0.2) is 53.7 Å². The van der Waals surface area contributed by atoms with Crippen molar-refractivity contribution in [1.29, 1.82) is 0 Å². The van der Waals surface area contributed by atoms with Crippen LogP contribution in [0.1, 0.15) is 30.9 Å². The molecule has 1 aliphatic heterocycles. The molecule has 3 rings (SSSR count). The maximum absolute atomic E-state index is 4.71. The SMILES string of the molecule is CCNC(=NCc1ccnc(N2CCCC2)c1)NCc1ccccc1.I. The van der Waals surface area contributed by atoms with Gasteiger partial charge in [0.15, 0.2) is 5.96 Å². The van der Waals surface area contributed by atoms with Crippen LogP contribution in [0.25, 0.3) is 0 Å². The molecule has 0 atom stereocenters. The molecule has 6 heteroatoms. The molecule has 1 fully saturated rings. The fraction of sp³-hybridized carbons (Fsp3) is 0.400. The second kappa shape index (κ2) is 11.0. The first-order valence-electron chi connectivity index (χ1n) is 9.11. The second-order valence-corrected chi connectivity index (χ2v) is 6.25. The number of benzene rings is 1. The van der Waals surface area contributed by atoms with E-state index in [4.69, 9.17) is 4.99 Å². The van der Waals surface area contributed by atoms with Gasteiger partial charge in [-0.2, -0.15) is 0 Å². The molecule has 1 aliphatic rings. The number of rotatable bonds is 6. The van der Waals surface area contributed by atoms with Gasteiger partial charge in [0.05, 0.1) is 6.54 Å². The third-order valence-corrected chi connectivity index (χ3v) is 4.31. The molecule has 0 bridgehead atoms.